The third kappa shape index (κ3) is 1.80. The minimum Gasteiger partial charge on any atom is -0.356 e. The van der Waals surface area contributed by atoms with Crippen LogP contribution in [0.4, 0.5) is 30.2 Å². The summed E-state index contributed by atoms with van der Waals surface area (Å²) < 4.78 is 37.9. The van der Waals surface area contributed by atoms with Gasteiger partial charge in [-0.3, -0.25) is 4.79 Å². The van der Waals surface area contributed by atoms with Crippen molar-refractivity contribution in [3.05, 3.63) is 17.7 Å². The lowest BCUT2D eigenvalue weighted by atomic mass is 9.97. The smallest absolute Gasteiger partial charge is 0.356 e. The Morgan fingerprint density at radius 1 is 1.16 bits per heavy atom. The summed E-state index contributed by atoms with van der Waals surface area (Å²) in [6.45, 7) is 1.87. The molecule has 0 saturated carbocycles. The fourth-order valence-electron chi connectivity index (χ4n) is 2.53. The number of fused-ring (bicyclic) bond motifs is 2. The molecule has 0 saturated heterocycles. The predicted octanol–water partition coefficient (Wildman–Crippen LogP) is 2.86. The van der Waals surface area contributed by atoms with Crippen LogP contribution in [0.3, 0.4) is 0 Å². The lowest BCUT2D eigenvalue weighted by Crippen LogP contribution is -2.38. The van der Waals surface area contributed by atoms with Crippen molar-refractivity contribution in [1.82, 2.24) is 0 Å². The minimum absolute atomic E-state index is 0.103. The van der Waals surface area contributed by atoms with Crippen molar-refractivity contribution in [2.45, 2.75) is 31.6 Å². The Labute approximate surface area is 107 Å². The number of carbonyl (C=O) groups excluding carboxylic acids is 1. The Hall–Kier alpha value is -1.92. The summed E-state index contributed by atoms with van der Waals surface area (Å²) in [6.07, 6.45) is -5.52. The molecule has 3 N–H and O–H groups in total. The first-order valence-electron chi connectivity index (χ1n) is 5.98. The van der Waals surface area contributed by atoms with Gasteiger partial charge in [-0.25, -0.2) is 0 Å². The maximum Gasteiger partial charge on any atom is 0.427 e. The Balaban J connectivity index is 1.96. The van der Waals surface area contributed by atoms with Crippen LogP contribution < -0.4 is 16.0 Å². The molecule has 3 rings (SSSR count). The molecule has 19 heavy (non-hydrogen) atoms. The summed E-state index contributed by atoms with van der Waals surface area (Å²) in [7, 11) is 0. The zero-order valence-electron chi connectivity index (χ0n) is 10.1. The molecule has 0 radical (unpaired) electrons. The quantitative estimate of drug-likeness (QED) is 0.736. The molecule has 2 heterocycles. The van der Waals surface area contributed by atoms with E-state index in [0.717, 1.165) is 5.56 Å². The lowest BCUT2D eigenvalue weighted by Gasteiger charge is -2.15. The summed E-state index contributed by atoms with van der Waals surface area (Å²) in [5, 5.41) is 7.45. The Morgan fingerprint density at radius 2 is 1.79 bits per heavy atom. The average Bonchev–Trinajstić information content (AvgIpc) is 2.84. The van der Waals surface area contributed by atoms with Crippen molar-refractivity contribution < 1.29 is 18.0 Å². The third-order valence-electron chi connectivity index (χ3n) is 3.47. The first kappa shape index (κ1) is 12.1. The molecule has 1 aromatic carbocycles. The molecule has 0 spiro atoms. The molecule has 7 heteroatoms. The number of hydrogen-bond donors (Lipinski definition) is 3. The molecule has 102 valence electrons. The molecule has 4 nitrogen and oxygen atoms in total. The molecule has 1 amide bonds. The van der Waals surface area contributed by atoms with Crippen molar-refractivity contribution in [3.63, 3.8) is 0 Å². The van der Waals surface area contributed by atoms with Gasteiger partial charge in [-0.1, -0.05) is 6.92 Å². The van der Waals surface area contributed by atoms with Gasteiger partial charge in [0.25, 0.3) is 0 Å². The molecule has 2 aliphatic rings. The van der Waals surface area contributed by atoms with Crippen molar-refractivity contribution in [1.29, 1.82) is 0 Å². The molecular formula is C12H12F3N3O. The molecule has 2 unspecified atom stereocenters. The van der Waals surface area contributed by atoms with Crippen LogP contribution in [0.25, 0.3) is 0 Å². The SMILES string of the molecule is CCC1C(=O)Nc2cc3c(cc21)NC(C(F)(F)F)N3. The fourth-order valence-corrected chi connectivity index (χ4v) is 2.53. The highest BCUT2D eigenvalue weighted by atomic mass is 19.4. The number of rotatable bonds is 1. The van der Waals surface area contributed by atoms with E-state index in [0.29, 0.717) is 23.5 Å². The number of carbonyl (C=O) groups is 1. The van der Waals surface area contributed by atoms with Gasteiger partial charge < -0.3 is 16.0 Å². The highest BCUT2D eigenvalue weighted by Crippen LogP contribution is 2.43. The largest absolute Gasteiger partial charge is 0.427 e. The van der Waals surface area contributed by atoms with Gasteiger partial charge in [0.2, 0.25) is 5.91 Å². The topological polar surface area (TPSA) is 53.2 Å². The first-order valence-corrected chi connectivity index (χ1v) is 5.98. The van der Waals surface area contributed by atoms with Crippen LogP contribution in [0, 0.1) is 0 Å². The maximum absolute atomic E-state index is 12.6. The van der Waals surface area contributed by atoms with Crippen LogP contribution in [0.2, 0.25) is 0 Å². The molecule has 2 aliphatic heterocycles. The van der Waals surface area contributed by atoms with Crippen molar-refractivity contribution in [2.24, 2.45) is 0 Å². The van der Waals surface area contributed by atoms with Crippen LogP contribution in [0.5, 0.6) is 0 Å². The summed E-state index contributed by atoms with van der Waals surface area (Å²) in [5.41, 5.74) is 2.09. The third-order valence-corrected chi connectivity index (χ3v) is 3.47. The summed E-state index contributed by atoms with van der Waals surface area (Å²) in [4.78, 5) is 11.7. The molecule has 1 aromatic rings. The summed E-state index contributed by atoms with van der Waals surface area (Å²) in [5.74, 6) is -0.388. The van der Waals surface area contributed by atoms with E-state index < -0.39 is 12.3 Å². The summed E-state index contributed by atoms with van der Waals surface area (Å²) >= 11 is 0. The van der Waals surface area contributed by atoms with E-state index in [-0.39, 0.29) is 11.8 Å². The minimum atomic E-state index is -4.36. The van der Waals surface area contributed by atoms with Crippen molar-refractivity contribution in [3.8, 4) is 0 Å². The van der Waals surface area contributed by atoms with Gasteiger partial charge in [-0.2, -0.15) is 13.2 Å². The maximum atomic E-state index is 12.6. The van der Waals surface area contributed by atoms with E-state index in [4.69, 9.17) is 0 Å². The van der Waals surface area contributed by atoms with Crippen LogP contribution in [0.1, 0.15) is 24.8 Å². The van der Waals surface area contributed by atoms with E-state index in [9.17, 15) is 18.0 Å². The van der Waals surface area contributed by atoms with Gasteiger partial charge in [0.05, 0.1) is 17.3 Å². The highest BCUT2D eigenvalue weighted by molar-refractivity contribution is 6.04. The van der Waals surface area contributed by atoms with Gasteiger partial charge >= 0.3 is 6.18 Å². The van der Waals surface area contributed by atoms with Gasteiger partial charge in [0.1, 0.15) is 0 Å². The number of hydrogen-bond acceptors (Lipinski definition) is 3. The highest BCUT2D eigenvalue weighted by Gasteiger charge is 2.44. The number of amides is 1. The number of benzene rings is 1. The zero-order valence-corrected chi connectivity index (χ0v) is 10.1. The van der Waals surface area contributed by atoms with Crippen LogP contribution in [-0.2, 0) is 4.79 Å². The van der Waals surface area contributed by atoms with Crippen molar-refractivity contribution in [2.75, 3.05) is 16.0 Å². The second-order valence-electron chi connectivity index (χ2n) is 4.70. The molecule has 0 fully saturated rings. The van der Waals surface area contributed by atoms with Gasteiger partial charge in [-0.05, 0) is 24.1 Å². The van der Waals surface area contributed by atoms with E-state index >= 15 is 0 Å². The Kier molecular flexibility index (Phi) is 2.42. The van der Waals surface area contributed by atoms with Gasteiger partial charge in [0.15, 0.2) is 6.17 Å². The van der Waals surface area contributed by atoms with E-state index in [1.54, 1.807) is 12.1 Å². The lowest BCUT2D eigenvalue weighted by molar-refractivity contribution is -0.135. The van der Waals surface area contributed by atoms with Crippen molar-refractivity contribution >= 4 is 23.0 Å². The molecule has 0 aliphatic carbocycles. The fraction of sp³-hybridized carbons (Fsp3) is 0.417. The molecular weight excluding hydrogens is 259 g/mol. The Bertz CT molecular complexity index is 556. The van der Waals surface area contributed by atoms with E-state index in [2.05, 4.69) is 16.0 Å². The normalized spacial score (nSPS) is 24.3. The van der Waals surface area contributed by atoms with E-state index in [1.165, 1.54) is 0 Å². The number of anilines is 3. The number of halogens is 3. The average molecular weight is 271 g/mol. The van der Waals surface area contributed by atoms with Crippen LogP contribution in [0.15, 0.2) is 12.1 Å². The standard InChI is InChI=1S/C12H12F3N3O/c1-2-5-6-3-8-9(4-7(6)16-10(5)19)18-11(17-8)12(13,14)15/h3-5,11,17-18H,2H2,1H3,(H,16,19). The first-order chi connectivity index (χ1) is 8.90. The monoisotopic (exact) mass is 271 g/mol. The van der Waals surface area contributed by atoms with E-state index in [1.807, 2.05) is 6.92 Å². The van der Waals surface area contributed by atoms with Crippen LogP contribution >= 0.6 is 0 Å². The second-order valence-corrected chi connectivity index (χ2v) is 4.70. The van der Waals surface area contributed by atoms with Gasteiger partial charge in [0, 0.05) is 5.69 Å². The predicted molar refractivity (Wildman–Crippen MR) is 65.2 cm³/mol. The van der Waals surface area contributed by atoms with Crippen LogP contribution in [-0.4, -0.2) is 18.2 Å². The number of nitrogens with one attached hydrogen (secondary N) is 3. The zero-order chi connectivity index (χ0) is 13.8. The summed E-state index contributed by atoms with van der Waals surface area (Å²) in [6, 6.07) is 3.17. The van der Waals surface area contributed by atoms with Gasteiger partial charge in [-0.15, -0.1) is 0 Å². The number of alkyl halides is 3. The second kappa shape index (κ2) is 3.79. The molecule has 2 atom stereocenters. The molecule has 0 aromatic heterocycles. The molecule has 0 bridgehead atoms. The Morgan fingerprint density at radius 3 is 2.37 bits per heavy atom.